The second-order valence-electron chi connectivity index (χ2n) is 4.14. The van der Waals surface area contributed by atoms with Crippen molar-refractivity contribution in [2.45, 2.75) is 25.3 Å². The van der Waals surface area contributed by atoms with Gasteiger partial charge in [0.05, 0.1) is 6.04 Å². The molecule has 18 heavy (non-hydrogen) atoms. The van der Waals surface area contributed by atoms with Crippen LogP contribution < -0.4 is 5.32 Å². The molecule has 1 aromatic carbocycles. The number of carbonyl (C=O) groups is 1. The Morgan fingerprint density at radius 2 is 2.11 bits per heavy atom. The smallest absolute Gasteiger partial charge is 0.220 e. The zero-order valence-electron chi connectivity index (χ0n) is 10.8. The lowest BCUT2D eigenvalue weighted by Crippen LogP contribution is -2.29. The van der Waals surface area contributed by atoms with Crippen molar-refractivity contribution in [2.75, 3.05) is 20.3 Å². The van der Waals surface area contributed by atoms with E-state index in [4.69, 9.17) is 9.84 Å². The Morgan fingerprint density at radius 1 is 1.39 bits per heavy atom. The van der Waals surface area contributed by atoms with E-state index in [1.165, 1.54) is 0 Å². The summed E-state index contributed by atoms with van der Waals surface area (Å²) in [6, 6.07) is 9.57. The largest absolute Gasteiger partial charge is 0.396 e. The molecule has 0 radical (unpaired) electrons. The van der Waals surface area contributed by atoms with Gasteiger partial charge in [-0.15, -0.1) is 0 Å². The first-order valence-electron chi connectivity index (χ1n) is 6.22. The van der Waals surface area contributed by atoms with Crippen molar-refractivity contribution in [3.05, 3.63) is 35.9 Å². The zero-order chi connectivity index (χ0) is 13.2. The van der Waals surface area contributed by atoms with Crippen molar-refractivity contribution in [1.29, 1.82) is 0 Å². The van der Waals surface area contributed by atoms with Crippen LogP contribution in [0.1, 0.15) is 30.9 Å². The summed E-state index contributed by atoms with van der Waals surface area (Å²) in [5.74, 6) is -0.00523. The van der Waals surface area contributed by atoms with Crippen LogP contribution in [0.4, 0.5) is 0 Å². The first kappa shape index (κ1) is 14.7. The summed E-state index contributed by atoms with van der Waals surface area (Å²) >= 11 is 0. The van der Waals surface area contributed by atoms with Gasteiger partial charge in [-0.2, -0.15) is 0 Å². The third-order valence-electron chi connectivity index (χ3n) is 2.71. The van der Waals surface area contributed by atoms with Crippen LogP contribution in [0.5, 0.6) is 0 Å². The zero-order valence-corrected chi connectivity index (χ0v) is 10.8. The van der Waals surface area contributed by atoms with Gasteiger partial charge in [-0.1, -0.05) is 30.3 Å². The van der Waals surface area contributed by atoms with Crippen molar-refractivity contribution in [3.8, 4) is 0 Å². The Hall–Kier alpha value is -1.39. The van der Waals surface area contributed by atoms with Crippen LogP contribution in [-0.4, -0.2) is 31.3 Å². The Morgan fingerprint density at radius 3 is 2.72 bits per heavy atom. The third kappa shape index (κ3) is 5.29. The number of aliphatic hydroxyl groups excluding tert-OH is 1. The van der Waals surface area contributed by atoms with E-state index in [-0.39, 0.29) is 18.6 Å². The van der Waals surface area contributed by atoms with Gasteiger partial charge in [0.25, 0.3) is 0 Å². The number of benzene rings is 1. The highest BCUT2D eigenvalue weighted by Gasteiger charge is 2.13. The summed E-state index contributed by atoms with van der Waals surface area (Å²) < 4.78 is 4.91. The molecule has 1 aromatic rings. The van der Waals surface area contributed by atoms with Gasteiger partial charge >= 0.3 is 0 Å². The van der Waals surface area contributed by atoms with Gasteiger partial charge in [-0.25, -0.2) is 0 Å². The number of amides is 1. The number of aliphatic hydroxyl groups is 1. The van der Waals surface area contributed by atoms with E-state index in [9.17, 15) is 4.79 Å². The monoisotopic (exact) mass is 251 g/mol. The van der Waals surface area contributed by atoms with Crippen LogP contribution in [0.25, 0.3) is 0 Å². The van der Waals surface area contributed by atoms with Crippen molar-refractivity contribution < 1.29 is 14.6 Å². The highest BCUT2D eigenvalue weighted by atomic mass is 16.5. The summed E-state index contributed by atoms with van der Waals surface area (Å²) in [6.45, 7) is 0.640. The molecule has 0 bridgehead atoms. The maximum atomic E-state index is 11.7. The molecule has 0 aliphatic heterocycles. The lowest BCUT2D eigenvalue weighted by atomic mass is 10.0. The summed E-state index contributed by atoms with van der Waals surface area (Å²) in [4.78, 5) is 11.7. The summed E-state index contributed by atoms with van der Waals surface area (Å²) in [6.07, 6.45) is 1.69. The van der Waals surface area contributed by atoms with E-state index < -0.39 is 0 Å². The van der Waals surface area contributed by atoms with E-state index in [2.05, 4.69) is 5.32 Å². The van der Waals surface area contributed by atoms with Crippen LogP contribution in [0, 0.1) is 0 Å². The number of ether oxygens (including phenoxy) is 1. The molecule has 0 saturated heterocycles. The number of carbonyl (C=O) groups excluding carboxylic acids is 1. The van der Waals surface area contributed by atoms with Gasteiger partial charge in [0.2, 0.25) is 5.91 Å². The molecule has 0 spiro atoms. The molecule has 2 N–H and O–H groups in total. The lowest BCUT2D eigenvalue weighted by molar-refractivity contribution is -0.122. The second-order valence-corrected chi connectivity index (χ2v) is 4.14. The Balaban J connectivity index is 2.50. The van der Waals surface area contributed by atoms with E-state index in [0.717, 1.165) is 5.56 Å². The normalized spacial score (nSPS) is 12.1. The quantitative estimate of drug-likeness (QED) is 0.691. The number of hydrogen-bond donors (Lipinski definition) is 2. The van der Waals surface area contributed by atoms with Crippen LogP contribution in [0.3, 0.4) is 0 Å². The van der Waals surface area contributed by atoms with Gasteiger partial charge in [0.15, 0.2) is 0 Å². The number of nitrogens with one attached hydrogen (secondary N) is 1. The SMILES string of the molecule is COCCCC(=O)NC(CCO)c1ccccc1. The first-order valence-corrected chi connectivity index (χ1v) is 6.22. The van der Waals surface area contributed by atoms with Crippen LogP contribution in [0.15, 0.2) is 30.3 Å². The van der Waals surface area contributed by atoms with Crippen molar-refractivity contribution in [1.82, 2.24) is 5.32 Å². The minimum Gasteiger partial charge on any atom is -0.396 e. The summed E-state index contributed by atoms with van der Waals surface area (Å²) in [7, 11) is 1.62. The number of methoxy groups -OCH3 is 1. The molecule has 0 fully saturated rings. The van der Waals surface area contributed by atoms with Crippen LogP contribution in [-0.2, 0) is 9.53 Å². The predicted octanol–water partition coefficient (Wildman–Crippen LogP) is 1.65. The molecule has 4 nitrogen and oxygen atoms in total. The highest BCUT2D eigenvalue weighted by Crippen LogP contribution is 2.16. The molecule has 0 saturated carbocycles. The molecular formula is C14H21NO3. The molecule has 0 aliphatic rings. The van der Waals surface area contributed by atoms with Crippen molar-refractivity contribution >= 4 is 5.91 Å². The Bertz CT molecular complexity index is 340. The summed E-state index contributed by atoms with van der Waals surface area (Å²) in [5, 5.41) is 12.0. The molecule has 4 heteroatoms. The van der Waals surface area contributed by atoms with E-state index in [1.54, 1.807) is 7.11 Å². The second kappa shape index (κ2) is 8.66. The fourth-order valence-electron chi connectivity index (χ4n) is 1.78. The summed E-state index contributed by atoms with van der Waals surface area (Å²) in [5.41, 5.74) is 1.02. The Labute approximate surface area is 108 Å². The molecule has 0 aromatic heterocycles. The number of rotatable bonds is 8. The average Bonchev–Trinajstić information content (AvgIpc) is 2.39. The lowest BCUT2D eigenvalue weighted by Gasteiger charge is -2.18. The van der Waals surface area contributed by atoms with Crippen molar-refractivity contribution in [2.24, 2.45) is 0 Å². The van der Waals surface area contributed by atoms with E-state index >= 15 is 0 Å². The fraction of sp³-hybridized carbons (Fsp3) is 0.500. The molecule has 1 unspecified atom stereocenters. The predicted molar refractivity (Wildman–Crippen MR) is 70.1 cm³/mol. The molecule has 1 atom stereocenters. The molecule has 100 valence electrons. The van der Waals surface area contributed by atoms with Gasteiger partial charge in [-0.3, -0.25) is 4.79 Å². The topological polar surface area (TPSA) is 58.6 Å². The van der Waals surface area contributed by atoms with E-state index in [0.29, 0.717) is 25.9 Å². The Kier molecular flexibility index (Phi) is 7.06. The van der Waals surface area contributed by atoms with E-state index in [1.807, 2.05) is 30.3 Å². The fourth-order valence-corrected chi connectivity index (χ4v) is 1.78. The number of hydrogen-bond acceptors (Lipinski definition) is 3. The van der Waals surface area contributed by atoms with Gasteiger partial charge in [0, 0.05) is 26.7 Å². The van der Waals surface area contributed by atoms with Gasteiger partial charge in [-0.05, 0) is 18.4 Å². The highest BCUT2D eigenvalue weighted by molar-refractivity contribution is 5.76. The molecular weight excluding hydrogens is 230 g/mol. The molecule has 0 aliphatic carbocycles. The van der Waals surface area contributed by atoms with Gasteiger partial charge < -0.3 is 15.2 Å². The minimum absolute atomic E-state index is 0.00523. The first-order chi connectivity index (χ1) is 8.77. The minimum atomic E-state index is -0.119. The third-order valence-corrected chi connectivity index (χ3v) is 2.71. The molecule has 1 rings (SSSR count). The van der Waals surface area contributed by atoms with Crippen molar-refractivity contribution in [3.63, 3.8) is 0 Å². The standard InChI is InChI=1S/C14H21NO3/c1-18-11-5-8-14(17)15-13(9-10-16)12-6-3-2-4-7-12/h2-4,6-7,13,16H,5,8-11H2,1H3,(H,15,17). The maximum absolute atomic E-state index is 11.7. The molecule has 1 amide bonds. The van der Waals surface area contributed by atoms with Crippen LogP contribution in [0.2, 0.25) is 0 Å². The van der Waals surface area contributed by atoms with Gasteiger partial charge in [0.1, 0.15) is 0 Å². The maximum Gasteiger partial charge on any atom is 0.220 e. The van der Waals surface area contributed by atoms with Crippen LogP contribution >= 0.6 is 0 Å². The average molecular weight is 251 g/mol. The molecule has 0 heterocycles.